The molecule has 0 unspecified atom stereocenters. The number of oxazole rings is 1. The molecule has 162 valence electrons. The normalized spacial score (nSPS) is 12.5. The lowest BCUT2D eigenvalue weighted by Crippen LogP contribution is -2.25. The van der Waals surface area contributed by atoms with E-state index < -0.39 is 27.3 Å². The molecule has 7 nitrogen and oxygen atoms in total. The van der Waals surface area contributed by atoms with Crippen molar-refractivity contribution in [1.82, 2.24) is 14.9 Å². The Morgan fingerprint density at radius 3 is 2.57 bits per heavy atom. The van der Waals surface area contributed by atoms with E-state index in [0.29, 0.717) is 37.1 Å². The Kier molecular flexibility index (Phi) is 6.32. The molecule has 3 aromatic rings. The Hall–Kier alpha value is -2.66. The first kappa shape index (κ1) is 22.0. The quantitative estimate of drug-likeness (QED) is 0.538. The van der Waals surface area contributed by atoms with Crippen LogP contribution in [0.25, 0.3) is 22.4 Å². The molecule has 30 heavy (non-hydrogen) atoms. The van der Waals surface area contributed by atoms with Crippen molar-refractivity contribution >= 4 is 20.9 Å². The van der Waals surface area contributed by atoms with Gasteiger partial charge in [0.05, 0.1) is 22.5 Å². The Morgan fingerprint density at radius 1 is 1.17 bits per heavy atom. The van der Waals surface area contributed by atoms with Gasteiger partial charge in [-0.05, 0) is 37.2 Å². The number of sulfone groups is 1. The molecular weight excluding hydrogens is 423 g/mol. The summed E-state index contributed by atoms with van der Waals surface area (Å²) >= 11 is 0. The monoisotopic (exact) mass is 443 g/mol. The molecule has 0 saturated carbocycles. The van der Waals surface area contributed by atoms with Gasteiger partial charge in [-0.3, -0.25) is 9.55 Å². The van der Waals surface area contributed by atoms with E-state index >= 15 is 0 Å². The number of benzene rings is 1. The maximum Gasteiger partial charge on any atom is 0.419 e. The van der Waals surface area contributed by atoms with E-state index in [-0.39, 0.29) is 17.0 Å². The number of aromatic nitrogens is 2. The molecule has 2 aromatic heterocycles. The van der Waals surface area contributed by atoms with Crippen molar-refractivity contribution in [2.75, 3.05) is 25.1 Å². The summed E-state index contributed by atoms with van der Waals surface area (Å²) in [4.78, 5) is 16.2. The van der Waals surface area contributed by atoms with Crippen LogP contribution in [0.3, 0.4) is 0 Å². The molecule has 0 aliphatic rings. The fourth-order valence-electron chi connectivity index (χ4n) is 2.96. The van der Waals surface area contributed by atoms with Crippen LogP contribution >= 0.6 is 0 Å². The third-order valence-corrected chi connectivity index (χ3v) is 5.39. The number of nitrogens with one attached hydrogen (secondary N) is 1. The van der Waals surface area contributed by atoms with Crippen LogP contribution in [0.4, 0.5) is 13.2 Å². The van der Waals surface area contributed by atoms with E-state index in [1.54, 1.807) is 18.2 Å². The van der Waals surface area contributed by atoms with Crippen molar-refractivity contribution in [1.29, 1.82) is 0 Å². The van der Waals surface area contributed by atoms with Gasteiger partial charge >= 0.3 is 11.9 Å². The van der Waals surface area contributed by atoms with E-state index in [9.17, 15) is 26.4 Å². The smallest absolute Gasteiger partial charge is 0.407 e. The number of halogens is 3. The number of pyridine rings is 1. The highest BCUT2D eigenvalue weighted by Crippen LogP contribution is 2.31. The summed E-state index contributed by atoms with van der Waals surface area (Å²) < 4.78 is 67.2. The lowest BCUT2D eigenvalue weighted by molar-refractivity contribution is -0.137. The van der Waals surface area contributed by atoms with Crippen molar-refractivity contribution in [2.24, 2.45) is 0 Å². The minimum Gasteiger partial charge on any atom is -0.407 e. The third kappa shape index (κ3) is 5.28. The van der Waals surface area contributed by atoms with Crippen LogP contribution in [0, 0.1) is 0 Å². The first-order valence-electron chi connectivity index (χ1n) is 9.11. The van der Waals surface area contributed by atoms with Gasteiger partial charge in [-0.15, -0.1) is 0 Å². The fourth-order valence-corrected chi connectivity index (χ4v) is 3.48. The second kappa shape index (κ2) is 8.60. The summed E-state index contributed by atoms with van der Waals surface area (Å²) in [7, 11) is -3.03. The Bertz CT molecular complexity index is 1180. The zero-order valence-corrected chi connectivity index (χ0v) is 16.9. The molecule has 1 N–H and O–H groups in total. The molecule has 0 fully saturated rings. The molecule has 1 aromatic carbocycles. The van der Waals surface area contributed by atoms with E-state index in [4.69, 9.17) is 4.42 Å². The largest absolute Gasteiger partial charge is 0.419 e. The number of nitrogens with zero attached hydrogens (tertiary/aromatic N) is 2. The maximum absolute atomic E-state index is 12.7. The standard InChI is InChI=1S/C19H20F3N3O4S/c1-30(27,28)11-9-23-8-3-10-25-16-5-2-4-14(17(16)29-18(25)26)15-7-6-13(12-24-15)19(20,21)22/h2,4-7,12,23H,3,8-11H2,1H3. The minimum atomic E-state index is -4.48. The summed E-state index contributed by atoms with van der Waals surface area (Å²) in [5.41, 5.74) is 0.580. The number of fused-ring (bicyclic) bond motifs is 1. The van der Waals surface area contributed by atoms with Crippen LogP contribution in [-0.4, -0.2) is 43.1 Å². The molecule has 0 atom stereocenters. The fraction of sp³-hybridized carbons (Fsp3) is 0.368. The first-order valence-corrected chi connectivity index (χ1v) is 11.2. The van der Waals surface area contributed by atoms with E-state index in [1.807, 2.05) is 0 Å². The van der Waals surface area contributed by atoms with Gasteiger partial charge in [0.1, 0.15) is 9.84 Å². The van der Waals surface area contributed by atoms with Crippen LogP contribution in [0.1, 0.15) is 12.0 Å². The first-order chi connectivity index (χ1) is 14.1. The lowest BCUT2D eigenvalue weighted by atomic mass is 10.1. The molecular formula is C19H20F3N3O4S. The summed E-state index contributed by atoms with van der Waals surface area (Å²) in [6.45, 7) is 1.17. The zero-order valence-electron chi connectivity index (χ0n) is 16.1. The lowest BCUT2D eigenvalue weighted by Gasteiger charge is -2.07. The molecule has 0 aliphatic carbocycles. The van der Waals surface area contributed by atoms with Crippen LogP contribution < -0.4 is 11.1 Å². The molecule has 0 bridgehead atoms. The molecule has 0 amide bonds. The van der Waals surface area contributed by atoms with Gasteiger partial charge in [0.15, 0.2) is 5.58 Å². The SMILES string of the molecule is CS(=O)(=O)CCNCCCn1c(=O)oc2c(-c3ccc(C(F)(F)F)cn3)cccc21. The molecule has 0 radical (unpaired) electrons. The Morgan fingerprint density at radius 2 is 1.93 bits per heavy atom. The number of para-hydroxylation sites is 1. The van der Waals surface area contributed by atoms with Crippen molar-refractivity contribution in [3.05, 3.63) is 52.6 Å². The molecule has 0 aliphatic heterocycles. The Labute approximate surface area is 170 Å². The summed E-state index contributed by atoms with van der Waals surface area (Å²) in [6, 6.07) is 7.15. The number of alkyl halides is 3. The average Bonchev–Trinajstić information content (AvgIpc) is 2.98. The van der Waals surface area contributed by atoms with E-state index in [0.717, 1.165) is 18.5 Å². The number of aryl methyl sites for hydroxylation is 1. The van der Waals surface area contributed by atoms with E-state index in [1.165, 1.54) is 10.6 Å². The molecule has 11 heteroatoms. The number of rotatable bonds is 8. The summed E-state index contributed by atoms with van der Waals surface area (Å²) in [5.74, 6) is -0.550. The van der Waals surface area contributed by atoms with Gasteiger partial charge < -0.3 is 9.73 Å². The minimum absolute atomic E-state index is 0.0328. The highest BCUT2D eigenvalue weighted by atomic mass is 32.2. The summed E-state index contributed by atoms with van der Waals surface area (Å²) in [6.07, 6.45) is -2.02. The van der Waals surface area contributed by atoms with Crippen molar-refractivity contribution in [3.8, 4) is 11.3 Å². The maximum atomic E-state index is 12.7. The van der Waals surface area contributed by atoms with Gasteiger partial charge in [0, 0.05) is 31.1 Å². The zero-order chi connectivity index (χ0) is 21.9. The van der Waals surface area contributed by atoms with Crippen molar-refractivity contribution < 1.29 is 26.0 Å². The van der Waals surface area contributed by atoms with Crippen LogP contribution in [-0.2, 0) is 22.6 Å². The number of hydrogen-bond donors (Lipinski definition) is 1. The van der Waals surface area contributed by atoms with Crippen LogP contribution in [0.15, 0.2) is 45.7 Å². The highest BCUT2D eigenvalue weighted by Gasteiger charge is 2.30. The highest BCUT2D eigenvalue weighted by molar-refractivity contribution is 7.90. The van der Waals surface area contributed by atoms with Gasteiger partial charge in [-0.1, -0.05) is 6.07 Å². The van der Waals surface area contributed by atoms with Crippen molar-refractivity contribution in [2.45, 2.75) is 19.1 Å². The van der Waals surface area contributed by atoms with Crippen molar-refractivity contribution in [3.63, 3.8) is 0 Å². The van der Waals surface area contributed by atoms with Gasteiger partial charge in [-0.25, -0.2) is 13.2 Å². The molecule has 2 heterocycles. The third-order valence-electron chi connectivity index (χ3n) is 4.45. The second-order valence-corrected chi connectivity index (χ2v) is 9.10. The van der Waals surface area contributed by atoms with E-state index in [2.05, 4.69) is 10.3 Å². The topological polar surface area (TPSA) is 94.2 Å². The molecule has 0 spiro atoms. The molecule has 0 saturated heterocycles. The Balaban J connectivity index is 1.76. The van der Waals surface area contributed by atoms with Crippen LogP contribution in [0.2, 0.25) is 0 Å². The van der Waals surface area contributed by atoms with Crippen LogP contribution in [0.5, 0.6) is 0 Å². The van der Waals surface area contributed by atoms with Gasteiger partial charge in [-0.2, -0.15) is 13.2 Å². The predicted molar refractivity (Wildman–Crippen MR) is 106 cm³/mol. The summed E-state index contributed by atoms with van der Waals surface area (Å²) in [5, 5.41) is 3.00. The molecule has 3 rings (SSSR count). The van der Waals surface area contributed by atoms with Gasteiger partial charge in [0.25, 0.3) is 0 Å². The van der Waals surface area contributed by atoms with Gasteiger partial charge in [0.2, 0.25) is 0 Å². The average molecular weight is 443 g/mol. The number of hydrogen-bond acceptors (Lipinski definition) is 6. The second-order valence-electron chi connectivity index (χ2n) is 6.84. The predicted octanol–water partition coefficient (Wildman–Crippen LogP) is 2.70.